The van der Waals surface area contributed by atoms with E-state index in [4.69, 9.17) is 11.5 Å². The topological polar surface area (TPSA) is 94.8 Å². The van der Waals surface area contributed by atoms with Gasteiger partial charge in [-0.1, -0.05) is 24.3 Å². The van der Waals surface area contributed by atoms with E-state index in [9.17, 15) is 0 Å². The first-order chi connectivity index (χ1) is 12.1. The highest BCUT2D eigenvalue weighted by molar-refractivity contribution is 5.98. The second kappa shape index (κ2) is 5.83. The van der Waals surface area contributed by atoms with Gasteiger partial charge >= 0.3 is 0 Å². The lowest BCUT2D eigenvalue weighted by atomic mass is 10.2. The van der Waals surface area contributed by atoms with Crippen molar-refractivity contribution in [3.8, 4) is 5.69 Å². The third-order valence-electron chi connectivity index (χ3n) is 4.13. The number of aryl methyl sites for hydroxylation is 1. The Balaban J connectivity index is 1.92. The Morgan fingerprint density at radius 3 is 2.64 bits per heavy atom. The lowest BCUT2D eigenvalue weighted by molar-refractivity contribution is 0.916. The highest BCUT2D eigenvalue weighted by Gasteiger charge is 2.15. The number of nitrogen functional groups attached to an aromatic ring is 2. The number of benzene rings is 2. The van der Waals surface area contributed by atoms with Crippen LogP contribution in [0.15, 0.2) is 60.8 Å². The number of fused-ring (bicyclic) bond motifs is 1. The van der Waals surface area contributed by atoms with Crippen LogP contribution in [0.4, 0.5) is 23.0 Å². The van der Waals surface area contributed by atoms with Gasteiger partial charge in [0.05, 0.1) is 5.69 Å². The number of nitrogens with two attached hydrogens (primary N) is 2. The van der Waals surface area contributed by atoms with Crippen molar-refractivity contribution in [2.24, 2.45) is 0 Å². The van der Waals surface area contributed by atoms with Gasteiger partial charge < -0.3 is 16.8 Å². The molecule has 2 aromatic carbocycles. The number of anilines is 4. The van der Waals surface area contributed by atoms with Crippen LogP contribution in [0.1, 0.15) is 5.56 Å². The van der Waals surface area contributed by atoms with Gasteiger partial charge in [-0.05, 0) is 42.8 Å². The van der Waals surface area contributed by atoms with Crippen LogP contribution in [-0.4, -0.2) is 14.8 Å². The van der Waals surface area contributed by atoms with Gasteiger partial charge in [0.1, 0.15) is 5.52 Å². The van der Waals surface area contributed by atoms with Crippen molar-refractivity contribution in [3.63, 3.8) is 0 Å². The van der Waals surface area contributed by atoms with Crippen molar-refractivity contribution in [2.45, 2.75) is 6.92 Å². The summed E-state index contributed by atoms with van der Waals surface area (Å²) in [5.41, 5.74) is 16.5. The molecule has 0 aliphatic rings. The van der Waals surface area contributed by atoms with Crippen molar-refractivity contribution in [3.05, 3.63) is 66.4 Å². The Kier molecular flexibility index (Phi) is 3.50. The van der Waals surface area contributed by atoms with Crippen LogP contribution in [0.3, 0.4) is 0 Å². The van der Waals surface area contributed by atoms with Crippen LogP contribution >= 0.6 is 0 Å². The van der Waals surface area contributed by atoms with E-state index in [0.29, 0.717) is 17.3 Å². The number of hydrogen-bond acceptors (Lipinski definition) is 5. The van der Waals surface area contributed by atoms with Gasteiger partial charge in [-0.15, -0.1) is 5.10 Å². The SMILES string of the molecule is Cc1ccccc1Nc1nccc2c(N)nn(-c3cccc(N)c3)c12. The molecule has 0 aliphatic heterocycles. The summed E-state index contributed by atoms with van der Waals surface area (Å²) in [5, 5.41) is 8.72. The summed E-state index contributed by atoms with van der Waals surface area (Å²) in [6.07, 6.45) is 1.73. The Morgan fingerprint density at radius 1 is 1.00 bits per heavy atom. The molecule has 5 N–H and O–H groups in total. The smallest absolute Gasteiger partial charge is 0.157 e. The average Bonchev–Trinajstić information content (AvgIpc) is 2.95. The zero-order valence-electron chi connectivity index (χ0n) is 13.8. The Labute approximate surface area is 145 Å². The molecule has 0 aliphatic carbocycles. The second-order valence-electron chi connectivity index (χ2n) is 5.89. The molecule has 0 saturated heterocycles. The molecule has 0 fully saturated rings. The number of nitrogens with one attached hydrogen (secondary N) is 1. The third kappa shape index (κ3) is 2.63. The first-order valence-corrected chi connectivity index (χ1v) is 7.95. The lowest BCUT2D eigenvalue weighted by Crippen LogP contribution is -2.02. The number of para-hydroxylation sites is 1. The summed E-state index contributed by atoms with van der Waals surface area (Å²) >= 11 is 0. The molecule has 4 aromatic rings. The zero-order chi connectivity index (χ0) is 17.4. The third-order valence-corrected chi connectivity index (χ3v) is 4.13. The predicted octanol–water partition coefficient (Wildman–Crippen LogP) is 3.64. The van der Waals surface area contributed by atoms with Crippen LogP contribution in [0, 0.1) is 6.92 Å². The molecule has 0 spiro atoms. The lowest BCUT2D eigenvalue weighted by Gasteiger charge is -2.11. The molecule has 0 unspecified atom stereocenters. The average molecular weight is 330 g/mol. The van der Waals surface area contributed by atoms with Crippen molar-refractivity contribution in [1.82, 2.24) is 14.8 Å². The Morgan fingerprint density at radius 2 is 1.84 bits per heavy atom. The summed E-state index contributed by atoms with van der Waals surface area (Å²) in [5.74, 6) is 1.14. The van der Waals surface area contributed by atoms with Gasteiger partial charge in [0.15, 0.2) is 11.6 Å². The molecule has 0 radical (unpaired) electrons. The molecule has 6 nitrogen and oxygen atoms in total. The summed E-state index contributed by atoms with van der Waals surface area (Å²) < 4.78 is 1.77. The van der Waals surface area contributed by atoms with Crippen LogP contribution < -0.4 is 16.8 Å². The quantitative estimate of drug-likeness (QED) is 0.499. The second-order valence-corrected chi connectivity index (χ2v) is 5.89. The largest absolute Gasteiger partial charge is 0.399 e. The van der Waals surface area contributed by atoms with Gasteiger partial charge in [-0.3, -0.25) is 0 Å². The maximum atomic E-state index is 6.13. The zero-order valence-corrected chi connectivity index (χ0v) is 13.8. The van der Waals surface area contributed by atoms with E-state index < -0.39 is 0 Å². The Bertz CT molecular complexity index is 1070. The molecular formula is C19H18N6. The molecule has 6 heteroatoms. The highest BCUT2D eigenvalue weighted by atomic mass is 15.3. The minimum atomic E-state index is 0.452. The molecule has 2 heterocycles. The fourth-order valence-corrected chi connectivity index (χ4v) is 2.86. The summed E-state index contributed by atoms with van der Waals surface area (Å²) in [4.78, 5) is 4.51. The van der Waals surface area contributed by atoms with E-state index in [0.717, 1.165) is 27.8 Å². The summed E-state index contributed by atoms with van der Waals surface area (Å²) in [7, 11) is 0. The van der Waals surface area contributed by atoms with Crippen molar-refractivity contribution >= 4 is 33.9 Å². The van der Waals surface area contributed by atoms with E-state index in [1.807, 2.05) is 61.5 Å². The van der Waals surface area contributed by atoms with Gasteiger partial charge in [0.2, 0.25) is 0 Å². The molecule has 0 saturated carbocycles. The van der Waals surface area contributed by atoms with Crippen molar-refractivity contribution in [2.75, 3.05) is 16.8 Å². The summed E-state index contributed by atoms with van der Waals surface area (Å²) in [6, 6.07) is 17.4. The molecular weight excluding hydrogens is 312 g/mol. The van der Waals surface area contributed by atoms with Crippen LogP contribution in [-0.2, 0) is 0 Å². The molecule has 2 aromatic heterocycles. The van der Waals surface area contributed by atoms with Gasteiger partial charge in [0, 0.05) is 23.0 Å². The van der Waals surface area contributed by atoms with E-state index in [-0.39, 0.29) is 0 Å². The van der Waals surface area contributed by atoms with E-state index in [1.54, 1.807) is 10.9 Å². The molecule has 0 bridgehead atoms. The minimum absolute atomic E-state index is 0.452. The molecule has 4 rings (SSSR count). The van der Waals surface area contributed by atoms with Gasteiger partial charge in [-0.25, -0.2) is 9.67 Å². The number of rotatable bonds is 3. The van der Waals surface area contributed by atoms with E-state index >= 15 is 0 Å². The molecule has 124 valence electrons. The Hall–Kier alpha value is -3.54. The minimum Gasteiger partial charge on any atom is -0.399 e. The molecule has 0 amide bonds. The fourth-order valence-electron chi connectivity index (χ4n) is 2.86. The highest BCUT2D eigenvalue weighted by Crippen LogP contribution is 2.31. The predicted molar refractivity (Wildman–Crippen MR) is 102 cm³/mol. The number of hydrogen-bond donors (Lipinski definition) is 3. The van der Waals surface area contributed by atoms with Crippen molar-refractivity contribution < 1.29 is 0 Å². The number of aromatic nitrogens is 3. The first-order valence-electron chi connectivity index (χ1n) is 7.95. The monoisotopic (exact) mass is 330 g/mol. The van der Waals surface area contributed by atoms with E-state index in [2.05, 4.69) is 15.4 Å². The molecule has 25 heavy (non-hydrogen) atoms. The first kappa shape index (κ1) is 15.0. The maximum Gasteiger partial charge on any atom is 0.157 e. The van der Waals surface area contributed by atoms with Crippen LogP contribution in [0.25, 0.3) is 16.6 Å². The number of nitrogens with zero attached hydrogens (tertiary/aromatic N) is 3. The van der Waals surface area contributed by atoms with Gasteiger partial charge in [-0.2, -0.15) is 0 Å². The normalized spacial score (nSPS) is 10.9. The fraction of sp³-hybridized carbons (Fsp3) is 0.0526. The molecule has 0 atom stereocenters. The van der Waals surface area contributed by atoms with Crippen LogP contribution in [0.2, 0.25) is 0 Å². The summed E-state index contributed by atoms with van der Waals surface area (Å²) in [6.45, 7) is 2.05. The van der Waals surface area contributed by atoms with E-state index in [1.165, 1.54) is 0 Å². The van der Waals surface area contributed by atoms with Crippen LogP contribution in [0.5, 0.6) is 0 Å². The number of pyridine rings is 1. The van der Waals surface area contributed by atoms with Gasteiger partial charge in [0.25, 0.3) is 0 Å². The van der Waals surface area contributed by atoms with Crippen molar-refractivity contribution in [1.29, 1.82) is 0 Å². The standard InChI is InChI=1S/C19H18N6/c1-12-5-2-3-8-16(12)23-19-17-15(9-10-22-19)18(21)24-25(17)14-7-4-6-13(20)11-14/h2-11H,20H2,1H3,(H2,21,24)(H,22,23). The maximum absolute atomic E-state index is 6.13.